The molecule has 0 bridgehead atoms. The lowest BCUT2D eigenvalue weighted by atomic mass is 9.54. The lowest BCUT2D eigenvalue weighted by molar-refractivity contribution is -0.207. The molecule has 1 saturated carbocycles. The van der Waals surface area contributed by atoms with Crippen LogP contribution in [0.3, 0.4) is 0 Å². The molecule has 2 aliphatic rings. The molecule has 0 radical (unpaired) electrons. The zero-order chi connectivity index (χ0) is 21.7. The number of Topliss-reactive ketones (excluding diaryl/α,β-unsaturated/α-hetero) is 1. The van der Waals surface area contributed by atoms with Gasteiger partial charge in [-0.2, -0.15) is 0 Å². The summed E-state index contributed by atoms with van der Waals surface area (Å²) in [6, 6.07) is 6.23. The molecule has 0 amide bonds. The standard InChI is InChI=1S/C21H19F4N3O2/c1-19(20(9-21(24,25)10-20)11-30-18(26)28-19)14-6-12(2-4-15(14)23)7-17(29)16-5-3-13(22)8-27-16/h2-6,8H,7,9-11H2,1H3,(H2,26,28)/t19-/m1/s1. The molecule has 4 rings (SSSR count). The van der Waals surface area contributed by atoms with E-state index >= 15 is 0 Å². The predicted octanol–water partition coefficient (Wildman–Crippen LogP) is 3.76. The Labute approximate surface area is 170 Å². The molecule has 2 aromatic rings. The summed E-state index contributed by atoms with van der Waals surface area (Å²) in [6.45, 7) is 1.46. The summed E-state index contributed by atoms with van der Waals surface area (Å²) < 4.78 is 60.7. The third-order valence-electron chi connectivity index (χ3n) is 5.99. The number of nitrogens with two attached hydrogens (primary N) is 1. The van der Waals surface area contributed by atoms with Crippen molar-refractivity contribution in [1.82, 2.24) is 4.98 Å². The number of hydrogen-bond acceptors (Lipinski definition) is 5. The average molecular weight is 421 g/mol. The molecule has 0 unspecified atom stereocenters. The van der Waals surface area contributed by atoms with Crippen molar-refractivity contribution >= 4 is 11.8 Å². The molecular weight excluding hydrogens is 402 g/mol. The Balaban J connectivity index is 1.69. The van der Waals surface area contributed by atoms with Crippen molar-refractivity contribution in [2.45, 2.75) is 37.6 Å². The Morgan fingerprint density at radius 3 is 2.57 bits per heavy atom. The average Bonchev–Trinajstić information content (AvgIpc) is 2.65. The van der Waals surface area contributed by atoms with Crippen LogP contribution in [0.15, 0.2) is 41.5 Å². The normalized spacial score (nSPS) is 24.0. The second kappa shape index (κ2) is 6.78. The molecule has 2 N–H and O–H groups in total. The number of pyridine rings is 1. The first-order valence-corrected chi connectivity index (χ1v) is 9.33. The number of alkyl halides is 2. The van der Waals surface area contributed by atoms with Crippen LogP contribution in [0, 0.1) is 17.0 Å². The van der Waals surface area contributed by atoms with Crippen molar-refractivity contribution in [2.24, 2.45) is 16.1 Å². The summed E-state index contributed by atoms with van der Waals surface area (Å²) in [5.41, 5.74) is 3.79. The number of rotatable bonds is 4. The lowest BCUT2D eigenvalue weighted by Crippen LogP contribution is -2.62. The number of carbonyl (C=O) groups excluding carboxylic acids is 1. The van der Waals surface area contributed by atoms with E-state index in [0.717, 1.165) is 12.3 Å². The monoisotopic (exact) mass is 421 g/mol. The van der Waals surface area contributed by atoms with Crippen LogP contribution in [0.2, 0.25) is 0 Å². The van der Waals surface area contributed by atoms with Crippen molar-refractivity contribution in [3.8, 4) is 0 Å². The number of ketones is 1. The van der Waals surface area contributed by atoms with Gasteiger partial charge in [0, 0.05) is 30.2 Å². The minimum atomic E-state index is -2.88. The molecule has 1 aromatic carbocycles. The topological polar surface area (TPSA) is 77.6 Å². The Hall–Kier alpha value is -2.97. The van der Waals surface area contributed by atoms with Crippen molar-refractivity contribution in [3.05, 3.63) is 65.0 Å². The van der Waals surface area contributed by atoms with Crippen LogP contribution in [0.5, 0.6) is 0 Å². The summed E-state index contributed by atoms with van der Waals surface area (Å²) in [6.07, 6.45) is -0.198. The SMILES string of the molecule is C[C@]1(c2cc(CC(=O)c3ccc(F)cn3)ccc2F)N=C(N)OCC12CC(F)(F)C2. The molecule has 5 nitrogen and oxygen atoms in total. The van der Waals surface area contributed by atoms with Crippen molar-refractivity contribution in [1.29, 1.82) is 0 Å². The summed E-state index contributed by atoms with van der Waals surface area (Å²) in [4.78, 5) is 20.5. The fraction of sp³-hybridized carbons (Fsp3) is 0.381. The molecule has 1 aromatic heterocycles. The first kappa shape index (κ1) is 20.3. The minimum Gasteiger partial charge on any atom is -0.465 e. The molecular formula is C21H19F4N3O2. The van der Waals surface area contributed by atoms with Gasteiger partial charge in [0.2, 0.25) is 5.92 Å². The van der Waals surface area contributed by atoms with Crippen LogP contribution in [-0.2, 0) is 16.7 Å². The highest BCUT2D eigenvalue weighted by Gasteiger charge is 2.67. The molecule has 1 aliphatic heterocycles. The Bertz CT molecular complexity index is 1030. The van der Waals surface area contributed by atoms with Gasteiger partial charge in [0.05, 0.1) is 6.20 Å². The molecule has 0 saturated heterocycles. The minimum absolute atomic E-state index is 0.0666. The van der Waals surface area contributed by atoms with Gasteiger partial charge < -0.3 is 10.5 Å². The number of amidine groups is 1. The first-order valence-electron chi connectivity index (χ1n) is 9.33. The predicted molar refractivity (Wildman–Crippen MR) is 100 cm³/mol. The second-order valence-electron chi connectivity index (χ2n) is 8.08. The van der Waals surface area contributed by atoms with E-state index < -0.39 is 47.1 Å². The third-order valence-corrected chi connectivity index (χ3v) is 5.99. The van der Waals surface area contributed by atoms with Gasteiger partial charge in [-0.3, -0.25) is 9.78 Å². The molecule has 2 heterocycles. The number of carbonyl (C=O) groups is 1. The highest BCUT2D eigenvalue weighted by Crippen LogP contribution is 2.63. The molecule has 1 atom stereocenters. The van der Waals surface area contributed by atoms with Crippen molar-refractivity contribution < 1.29 is 27.1 Å². The molecule has 9 heteroatoms. The van der Waals surface area contributed by atoms with Crippen LogP contribution < -0.4 is 5.73 Å². The van der Waals surface area contributed by atoms with Crippen LogP contribution in [0.4, 0.5) is 17.6 Å². The van der Waals surface area contributed by atoms with E-state index in [9.17, 15) is 22.4 Å². The fourth-order valence-corrected chi connectivity index (χ4v) is 4.33. The number of benzene rings is 1. The second-order valence-corrected chi connectivity index (χ2v) is 8.08. The summed E-state index contributed by atoms with van der Waals surface area (Å²) >= 11 is 0. The summed E-state index contributed by atoms with van der Waals surface area (Å²) in [5, 5.41) is 0. The van der Waals surface area contributed by atoms with Crippen molar-refractivity contribution in [3.63, 3.8) is 0 Å². The van der Waals surface area contributed by atoms with Crippen LogP contribution in [0.25, 0.3) is 0 Å². The zero-order valence-corrected chi connectivity index (χ0v) is 16.1. The van der Waals surface area contributed by atoms with E-state index in [2.05, 4.69) is 9.98 Å². The van der Waals surface area contributed by atoms with E-state index in [-0.39, 0.29) is 30.3 Å². The molecule has 158 valence electrons. The maximum absolute atomic E-state index is 14.9. The van der Waals surface area contributed by atoms with Crippen molar-refractivity contribution in [2.75, 3.05) is 6.61 Å². The zero-order valence-electron chi connectivity index (χ0n) is 16.1. The smallest absolute Gasteiger partial charge is 0.282 e. The molecule has 1 aliphatic carbocycles. The maximum atomic E-state index is 14.9. The van der Waals surface area contributed by atoms with Gasteiger partial charge in [-0.05, 0) is 36.8 Å². The van der Waals surface area contributed by atoms with Gasteiger partial charge in [-0.15, -0.1) is 0 Å². The van der Waals surface area contributed by atoms with Crippen LogP contribution >= 0.6 is 0 Å². The molecule has 1 fully saturated rings. The number of aromatic nitrogens is 1. The number of aliphatic imine (C=N–C) groups is 1. The lowest BCUT2D eigenvalue weighted by Gasteiger charge is -2.56. The quantitative estimate of drug-likeness (QED) is 0.602. The summed E-state index contributed by atoms with van der Waals surface area (Å²) in [7, 11) is 0. The third kappa shape index (κ3) is 3.32. The maximum Gasteiger partial charge on any atom is 0.282 e. The van der Waals surface area contributed by atoms with Gasteiger partial charge in [-0.25, -0.2) is 22.6 Å². The molecule has 30 heavy (non-hydrogen) atoms. The highest BCUT2D eigenvalue weighted by atomic mass is 19.3. The Morgan fingerprint density at radius 1 is 1.20 bits per heavy atom. The van der Waals surface area contributed by atoms with E-state index in [1.54, 1.807) is 6.92 Å². The number of hydrogen-bond donors (Lipinski definition) is 1. The van der Waals surface area contributed by atoms with Gasteiger partial charge in [0.1, 0.15) is 29.5 Å². The number of nitrogens with zero attached hydrogens (tertiary/aromatic N) is 2. The Morgan fingerprint density at radius 2 is 1.93 bits per heavy atom. The van der Waals surface area contributed by atoms with E-state index in [1.807, 2.05) is 0 Å². The summed E-state index contributed by atoms with van der Waals surface area (Å²) in [5.74, 6) is -4.48. The number of halogens is 4. The van der Waals surface area contributed by atoms with Crippen LogP contribution in [0.1, 0.15) is 41.4 Å². The number of ether oxygens (including phenoxy) is 1. The van der Waals surface area contributed by atoms with E-state index in [1.165, 1.54) is 24.3 Å². The van der Waals surface area contributed by atoms with Gasteiger partial charge in [-0.1, -0.05) is 6.07 Å². The van der Waals surface area contributed by atoms with E-state index in [4.69, 9.17) is 10.5 Å². The van der Waals surface area contributed by atoms with Gasteiger partial charge >= 0.3 is 0 Å². The van der Waals surface area contributed by atoms with Gasteiger partial charge in [0.25, 0.3) is 6.02 Å². The first-order chi connectivity index (χ1) is 14.0. The van der Waals surface area contributed by atoms with Gasteiger partial charge in [0.15, 0.2) is 5.78 Å². The molecule has 1 spiro atoms. The van der Waals surface area contributed by atoms with Crippen LogP contribution in [-0.4, -0.2) is 29.3 Å². The highest BCUT2D eigenvalue weighted by molar-refractivity contribution is 5.95. The largest absolute Gasteiger partial charge is 0.465 e. The van der Waals surface area contributed by atoms with E-state index in [0.29, 0.717) is 5.56 Å². The Kier molecular flexibility index (Phi) is 4.59. The fourth-order valence-electron chi connectivity index (χ4n) is 4.33.